The topological polar surface area (TPSA) is 85.5 Å². The van der Waals surface area contributed by atoms with Gasteiger partial charge in [0.15, 0.2) is 0 Å². The minimum absolute atomic E-state index is 0.0422. The molecule has 0 aromatic carbocycles. The molecule has 1 heterocycles. The van der Waals surface area contributed by atoms with E-state index in [-0.39, 0.29) is 18.9 Å². The van der Waals surface area contributed by atoms with Crippen LogP contribution in [0.3, 0.4) is 0 Å². The SMILES string of the molecule is COC(=O)CN(C)C(=O)Cc1csc(CCCN)n1. The summed E-state index contributed by atoms with van der Waals surface area (Å²) in [6, 6.07) is 0. The Bertz CT molecular complexity index is 434. The average molecular weight is 285 g/mol. The third-order valence-electron chi connectivity index (χ3n) is 2.55. The molecule has 0 saturated heterocycles. The van der Waals surface area contributed by atoms with Crippen LogP contribution in [0, 0.1) is 0 Å². The molecule has 0 saturated carbocycles. The highest BCUT2D eigenvalue weighted by molar-refractivity contribution is 7.09. The van der Waals surface area contributed by atoms with Gasteiger partial charge in [0.25, 0.3) is 0 Å². The molecule has 1 aromatic rings. The van der Waals surface area contributed by atoms with Gasteiger partial charge in [-0.25, -0.2) is 4.98 Å². The smallest absolute Gasteiger partial charge is 0.325 e. The first-order valence-electron chi connectivity index (χ1n) is 6.01. The van der Waals surface area contributed by atoms with Gasteiger partial charge in [0.05, 0.1) is 24.2 Å². The van der Waals surface area contributed by atoms with E-state index in [1.165, 1.54) is 23.3 Å². The third kappa shape index (κ3) is 5.35. The molecule has 0 atom stereocenters. The molecule has 7 heteroatoms. The van der Waals surface area contributed by atoms with Crippen LogP contribution in [0.15, 0.2) is 5.38 Å². The Labute approximate surface area is 116 Å². The lowest BCUT2D eigenvalue weighted by atomic mass is 10.3. The molecule has 0 spiro atoms. The summed E-state index contributed by atoms with van der Waals surface area (Å²) < 4.78 is 4.51. The fraction of sp³-hybridized carbons (Fsp3) is 0.583. The quantitative estimate of drug-likeness (QED) is 0.724. The monoisotopic (exact) mass is 285 g/mol. The minimum atomic E-state index is -0.433. The summed E-state index contributed by atoms with van der Waals surface area (Å²) in [4.78, 5) is 28.6. The van der Waals surface area contributed by atoms with Gasteiger partial charge in [0.1, 0.15) is 6.54 Å². The van der Waals surface area contributed by atoms with Gasteiger partial charge in [0, 0.05) is 18.8 Å². The van der Waals surface area contributed by atoms with Crippen LogP contribution in [-0.4, -0.2) is 49.0 Å². The molecule has 0 radical (unpaired) electrons. The van der Waals surface area contributed by atoms with Crippen molar-refractivity contribution in [3.8, 4) is 0 Å². The predicted molar refractivity (Wildman–Crippen MR) is 72.8 cm³/mol. The number of rotatable bonds is 7. The maximum atomic E-state index is 11.8. The number of nitrogens with zero attached hydrogens (tertiary/aromatic N) is 2. The number of methoxy groups -OCH3 is 1. The molecule has 0 aliphatic carbocycles. The molecular weight excluding hydrogens is 266 g/mol. The number of hydrogen-bond acceptors (Lipinski definition) is 6. The molecule has 106 valence electrons. The molecule has 0 bridgehead atoms. The zero-order valence-electron chi connectivity index (χ0n) is 11.2. The number of ether oxygens (including phenoxy) is 1. The number of amides is 1. The first kappa shape index (κ1) is 15.6. The van der Waals surface area contributed by atoms with Crippen LogP contribution in [0.4, 0.5) is 0 Å². The van der Waals surface area contributed by atoms with Crippen molar-refractivity contribution in [1.29, 1.82) is 0 Å². The molecule has 19 heavy (non-hydrogen) atoms. The van der Waals surface area contributed by atoms with E-state index in [1.54, 1.807) is 7.05 Å². The Morgan fingerprint density at radius 3 is 2.89 bits per heavy atom. The minimum Gasteiger partial charge on any atom is -0.468 e. The number of carbonyl (C=O) groups is 2. The first-order chi connectivity index (χ1) is 9.06. The zero-order valence-corrected chi connectivity index (χ0v) is 12.0. The van der Waals surface area contributed by atoms with Gasteiger partial charge in [-0.1, -0.05) is 0 Å². The number of hydrogen-bond donors (Lipinski definition) is 1. The lowest BCUT2D eigenvalue weighted by Gasteiger charge is -2.14. The maximum absolute atomic E-state index is 11.8. The van der Waals surface area contributed by atoms with E-state index >= 15 is 0 Å². The summed E-state index contributed by atoms with van der Waals surface area (Å²) in [5, 5.41) is 2.86. The molecule has 1 rings (SSSR count). The van der Waals surface area contributed by atoms with Crippen molar-refractivity contribution in [3.05, 3.63) is 16.1 Å². The third-order valence-corrected chi connectivity index (χ3v) is 3.50. The Hall–Kier alpha value is -1.47. The maximum Gasteiger partial charge on any atom is 0.325 e. The van der Waals surface area contributed by atoms with Crippen molar-refractivity contribution in [2.24, 2.45) is 5.73 Å². The van der Waals surface area contributed by atoms with E-state index in [4.69, 9.17) is 5.73 Å². The molecule has 0 aliphatic rings. The summed E-state index contributed by atoms with van der Waals surface area (Å²) in [5.74, 6) is -0.584. The number of esters is 1. The number of carbonyl (C=O) groups excluding carboxylic acids is 2. The van der Waals surface area contributed by atoms with Crippen LogP contribution in [0.5, 0.6) is 0 Å². The molecule has 0 aliphatic heterocycles. The Balaban J connectivity index is 2.47. The van der Waals surface area contributed by atoms with Gasteiger partial charge in [-0.05, 0) is 13.0 Å². The van der Waals surface area contributed by atoms with Gasteiger partial charge >= 0.3 is 5.97 Å². The number of aromatic nitrogens is 1. The lowest BCUT2D eigenvalue weighted by Crippen LogP contribution is -2.33. The Morgan fingerprint density at radius 2 is 2.26 bits per heavy atom. The molecule has 1 aromatic heterocycles. The zero-order chi connectivity index (χ0) is 14.3. The normalized spacial score (nSPS) is 10.3. The first-order valence-corrected chi connectivity index (χ1v) is 6.89. The number of nitrogens with two attached hydrogens (primary N) is 1. The van der Waals surface area contributed by atoms with Gasteiger partial charge < -0.3 is 15.4 Å². The Morgan fingerprint density at radius 1 is 1.53 bits per heavy atom. The van der Waals surface area contributed by atoms with Crippen LogP contribution >= 0.6 is 11.3 Å². The van der Waals surface area contributed by atoms with E-state index in [9.17, 15) is 9.59 Å². The van der Waals surface area contributed by atoms with Crippen LogP contribution in [-0.2, 0) is 27.2 Å². The highest BCUT2D eigenvalue weighted by Crippen LogP contribution is 2.12. The van der Waals surface area contributed by atoms with Gasteiger partial charge in [0.2, 0.25) is 5.91 Å². The summed E-state index contributed by atoms with van der Waals surface area (Å²) in [6.07, 6.45) is 1.93. The van der Waals surface area contributed by atoms with Crippen molar-refractivity contribution in [2.45, 2.75) is 19.3 Å². The molecule has 1 amide bonds. The van der Waals surface area contributed by atoms with Crippen molar-refractivity contribution in [2.75, 3.05) is 27.2 Å². The summed E-state index contributed by atoms with van der Waals surface area (Å²) in [6.45, 7) is 0.592. The van der Waals surface area contributed by atoms with Crippen LogP contribution in [0.1, 0.15) is 17.1 Å². The van der Waals surface area contributed by atoms with E-state index in [1.807, 2.05) is 5.38 Å². The van der Waals surface area contributed by atoms with Crippen molar-refractivity contribution >= 4 is 23.2 Å². The van der Waals surface area contributed by atoms with Gasteiger partial charge in [-0.3, -0.25) is 9.59 Å². The van der Waals surface area contributed by atoms with Crippen molar-refractivity contribution in [3.63, 3.8) is 0 Å². The predicted octanol–water partition coefficient (Wildman–Crippen LogP) is 0.208. The second-order valence-corrected chi connectivity index (χ2v) is 5.07. The largest absolute Gasteiger partial charge is 0.468 e. The fourth-order valence-electron chi connectivity index (χ4n) is 1.43. The molecular formula is C12H19N3O3S. The van der Waals surface area contributed by atoms with Gasteiger partial charge in [-0.15, -0.1) is 11.3 Å². The van der Waals surface area contributed by atoms with E-state index in [2.05, 4.69) is 9.72 Å². The van der Waals surface area contributed by atoms with Gasteiger partial charge in [-0.2, -0.15) is 0 Å². The lowest BCUT2D eigenvalue weighted by molar-refractivity contribution is -0.145. The second-order valence-electron chi connectivity index (χ2n) is 4.13. The number of thiazole rings is 1. The van der Waals surface area contributed by atoms with Crippen LogP contribution in [0.2, 0.25) is 0 Å². The van der Waals surface area contributed by atoms with E-state index in [0.29, 0.717) is 6.54 Å². The summed E-state index contributed by atoms with van der Waals surface area (Å²) >= 11 is 1.53. The number of aryl methyl sites for hydroxylation is 1. The van der Waals surface area contributed by atoms with Crippen molar-refractivity contribution in [1.82, 2.24) is 9.88 Å². The highest BCUT2D eigenvalue weighted by atomic mass is 32.1. The molecule has 0 fully saturated rings. The van der Waals surface area contributed by atoms with E-state index in [0.717, 1.165) is 23.5 Å². The summed E-state index contributed by atoms with van der Waals surface area (Å²) in [7, 11) is 2.87. The van der Waals surface area contributed by atoms with Crippen LogP contribution < -0.4 is 5.73 Å². The Kier molecular flexibility index (Phi) is 6.44. The van der Waals surface area contributed by atoms with E-state index < -0.39 is 5.97 Å². The van der Waals surface area contributed by atoms with Crippen molar-refractivity contribution < 1.29 is 14.3 Å². The molecule has 0 unspecified atom stereocenters. The standard InChI is InChI=1S/C12H19N3O3S/c1-15(7-12(17)18-2)11(16)6-9-8-19-10(14-9)4-3-5-13/h8H,3-7,13H2,1-2H3. The average Bonchev–Trinajstić information content (AvgIpc) is 2.83. The number of likely N-dealkylation sites (N-methyl/N-ethyl adjacent to an activating group) is 1. The highest BCUT2D eigenvalue weighted by Gasteiger charge is 2.15. The summed E-state index contributed by atoms with van der Waals surface area (Å²) in [5.41, 5.74) is 6.17. The van der Waals surface area contributed by atoms with Crippen LogP contribution in [0.25, 0.3) is 0 Å². The molecule has 6 nitrogen and oxygen atoms in total. The second kappa shape index (κ2) is 7.85. The molecule has 2 N–H and O–H groups in total. The fourth-order valence-corrected chi connectivity index (χ4v) is 2.27.